The number of hydrogen-bond donors (Lipinski definition) is 0. The van der Waals surface area contributed by atoms with Gasteiger partial charge in [-0.15, -0.1) is 0 Å². The summed E-state index contributed by atoms with van der Waals surface area (Å²) >= 11 is 0. The average molecular weight is 354 g/mol. The highest BCUT2D eigenvalue weighted by molar-refractivity contribution is 6.74. The average Bonchev–Trinajstić information content (AvgIpc) is 2.97. The second-order valence-electron chi connectivity index (χ2n) is 9.61. The zero-order chi connectivity index (χ0) is 17.6. The number of hydrogen-bond acceptors (Lipinski definition) is 3. The fourth-order valence-electron chi connectivity index (χ4n) is 4.45. The summed E-state index contributed by atoms with van der Waals surface area (Å²) in [6.45, 7) is 12.9. The molecule has 0 bridgehead atoms. The maximum Gasteiger partial charge on any atom is 0.225 e. The van der Waals surface area contributed by atoms with Crippen LogP contribution in [0.3, 0.4) is 0 Å². The number of amides is 1. The van der Waals surface area contributed by atoms with Gasteiger partial charge in [-0.25, -0.2) is 0 Å². The van der Waals surface area contributed by atoms with Gasteiger partial charge in [-0.2, -0.15) is 0 Å². The fraction of sp³-hybridized carbons (Fsp3) is 0.947. The highest BCUT2D eigenvalue weighted by atomic mass is 28.4. The summed E-state index contributed by atoms with van der Waals surface area (Å²) < 4.78 is 12.7. The first kappa shape index (κ1) is 18.4. The maximum absolute atomic E-state index is 12.7. The molecule has 1 unspecified atom stereocenters. The maximum atomic E-state index is 12.7. The minimum absolute atomic E-state index is 0.100. The number of carbonyl (C=O) groups is 1. The van der Waals surface area contributed by atoms with Gasteiger partial charge < -0.3 is 14.1 Å². The van der Waals surface area contributed by atoms with Gasteiger partial charge in [0, 0.05) is 13.0 Å². The van der Waals surface area contributed by atoms with Crippen molar-refractivity contribution in [3.8, 4) is 0 Å². The van der Waals surface area contributed by atoms with E-state index in [0.717, 1.165) is 32.3 Å². The number of nitrogens with zero attached hydrogens (tertiary/aromatic N) is 1. The highest BCUT2D eigenvalue weighted by Gasteiger charge is 2.60. The molecule has 0 aromatic rings. The van der Waals surface area contributed by atoms with Crippen molar-refractivity contribution in [2.24, 2.45) is 0 Å². The van der Waals surface area contributed by atoms with Crippen molar-refractivity contribution in [2.45, 2.75) is 102 Å². The van der Waals surface area contributed by atoms with Gasteiger partial charge in [0.05, 0.1) is 12.1 Å². The Morgan fingerprint density at radius 1 is 1.17 bits per heavy atom. The monoisotopic (exact) mass is 353 g/mol. The Bertz CT molecular complexity index is 493. The van der Waals surface area contributed by atoms with E-state index in [0.29, 0.717) is 18.9 Å². The molecule has 4 nitrogen and oxygen atoms in total. The quantitative estimate of drug-likeness (QED) is 0.701. The molecule has 24 heavy (non-hydrogen) atoms. The molecule has 1 spiro atoms. The largest absolute Gasteiger partial charge is 0.417 e. The molecule has 138 valence electrons. The molecule has 3 rings (SSSR count). The summed E-state index contributed by atoms with van der Waals surface area (Å²) in [7, 11) is -1.73. The Morgan fingerprint density at radius 2 is 1.83 bits per heavy atom. The summed E-state index contributed by atoms with van der Waals surface area (Å²) in [6, 6.07) is 0. The molecule has 1 amide bonds. The summed E-state index contributed by atoms with van der Waals surface area (Å²) in [4.78, 5) is 14.8. The van der Waals surface area contributed by atoms with E-state index in [1.807, 2.05) is 0 Å². The zero-order valence-electron chi connectivity index (χ0n) is 16.2. The lowest BCUT2D eigenvalue weighted by molar-refractivity contribution is -0.155. The van der Waals surface area contributed by atoms with Crippen LogP contribution in [0, 0.1) is 0 Å². The number of carbonyl (C=O) groups excluding carboxylic acids is 1. The van der Waals surface area contributed by atoms with Crippen LogP contribution in [0.25, 0.3) is 0 Å². The van der Waals surface area contributed by atoms with Gasteiger partial charge in [0.2, 0.25) is 5.91 Å². The van der Waals surface area contributed by atoms with Crippen LogP contribution in [0.5, 0.6) is 0 Å². The van der Waals surface area contributed by atoms with Crippen LogP contribution in [0.2, 0.25) is 18.1 Å². The van der Waals surface area contributed by atoms with Crippen LogP contribution in [-0.2, 0) is 14.0 Å². The molecule has 0 radical (unpaired) electrons. The van der Waals surface area contributed by atoms with Crippen molar-refractivity contribution in [1.29, 1.82) is 0 Å². The lowest BCUT2D eigenvalue weighted by Crippen LogP contribution is -2.55. The minimum atomic E-state index is -1.73. The number of fused-ring (bicyclic) bond motifs is 2. The van der Waals surface area contributed by atoms with Gasteiger partial charge in [0.15, 0.2) is 8.32 Å². The molecule has 3 fully saturated rings. The predicted molar refractivity (Wildman–Crippen MR) is 98.3 cm³/mol. The van der Waals surface area contributed by atoms with E-state index in [-0.39, 0.29) is 16.3 Å². The molecule has 1 aliphatic carbocycles. The highest BCUT2D eigenvalue weighted by Crippen LogP contribution is 2.51. The van der Waals surface area contributed by atoms with E-state index in [4.69, 9.17) is 9.16 Å². The van der Waals surface area contributed by atoms with Gasteiger partial charge in [-0.3, -0.25) is 4.79 Å². The number of ether oxygens (including phenoxy) is 1. The molecule has 2 aliphatic heterocycles. The molecule has 0 N–H and O–H groups in total. The smallest absolute Gasteiger partial charge is 0.225 e. The third kappa shape index (κ3) is 2.97. The van der Waals surface area contributed by atoms with Crippen LogP contribution in [0.1, 0.15) is 72.1 Å². The van der Waals surface area contributed by atoms with Crippen LogP contribution >= 0.6 is 0 Å². The second-order valence-corrected chi connectivity index (χ2v) is 14.4. The van der Waals surface area contributed by atoms with E-state index in [2.05, 4.69) is 38.8 Å². The van der Waals surface area contributed by atoms with Gasteiger partial charge in [0.25, 0.3) is 0 Å². The predicted octanol–water partition coefficient (Wildman–Crippen LogP) is 4.45. The molecule has 2 saturated heterocycles. The van der Waals surface area contributed by atoms with Crippen molar-refractivity contribution in [3.63, 3.8) is 0 Å². The molecular formula is C19H35NO3Si. The third-order valence-corrected chi connectivity index (χ3v) is 11.6. The lowest BCUT2D eigenvalue weighted by atomic mass is 9.88. The lowest BCUT2D eigenvalue weighted by Gasteiger charge is -2.43. The minimum Gasteiger partial charge on any atom is -0.417 e. The van der Waals surface area contributed by atoms with E-state index < -0.39 is 8.32 Å². The Balaban J connectivity index is 1.70. The van der Waals surface area contributed by atoms with Gasteiger partial charge >= 0.3 is 0 Å². The van der Waals surface area contributed by atoms with Crippen LogP contribution in [0.4, 0.5) is 0 Å². The number of rotatable bonds is 4. The van der Waals surface area contributed by atoms with Crippen LogP contribution in [-0.4, -0.2) is 43.6 Å². The van der Waals surface area contributed by atoms with E-state index >= 15 is 0 Å². The van der Waals surface area contributed by atoms with Crippen molar-refractivity contribution in [2.75, 3.05) is 13.2 Å². The summed E-state index contributed by atoms with van der Waals surface area (Å²) in [5, 5.41) is 0.229. The molecule has 0 aromatic heterocycles. The second kappa shape index (κ2) is 6.10. The Morgan fingerprint density at radius 3 is 2.46 bits per heavy atom. The molecule has 2 heterocycles. The van der Waals surface area contributed by atoms with Crippen molar-refractivity contribution in [3.05, 3.63) is 0 Å². The first-order valence-electron chi connectivity index (χ1n) is 9.73. The van der Waals surface area contributed by atoms with Gasteiger partial charge in [-0.05, 0) is 56.7 Å². The van der Waals surface area contributed by atoms with Crippen LogP contribution in [0.15, 0.2) is 0 Å². The molecule has 3 aliphatic rings. The first-order chi connectivity index (χ1) is 11.1. The van der Waals surface area contributed by atoms with Gasteiger partial charge in [0.1, 0.15) is 5.72 Å². The molecular weight excluding hydrogens is 318 g/mol. The van der Waals surface area contributed by atoms with Crippen molar-refractivity contribution >= 4 is 14.2 Å². The van der Waals surface area contributed by atoms with E-state index in [1.54, 1.807) is 0 Å². The fourth-order valence-corrected chi connectivity index (χ4v) is 5.50. The summed E-state index contributed by atoms with van der Waals surface area (Å²) in [5.41, 5.74) is -0.389. The van der Waals surface area contributed by atoms with Gasteiger partial charge in [-0.1, -0.05) is 27.2 Å². The van der Waals surface area contributed by atoms with Crippen molar-refractivity contribution in [1.82, 2.24) is 4.90 Å². The molecule has 0 aromatic carbocycles. The Kier molecular flexibility index (Phi) is 4.67. The van der Waals surface area contributed by atoms with E-state index in [9.17, 15) is 4.79 Å². The van der Waals surface area contributed by atoms with Crippen LogP contribution < -0.4 is 0 Å². The zero-order valence-corrected chi connectivity index (χ0v) is 17.2. The third-order valence-electron chi connectivity index (χ3n) is 7.02. The molecule has 1 saturated carbocycles. The van der Waals surface area contributed by atoms with E-state index in [1.165, 1.54) is 19.3 Å². The first-order valence-corrected chi connectivity index (χ1v) is 12.6. The topological polar surface area (TPSA) is 38.8 Å². The summed E-state index contributed by atoms with van der Waals surface area (Å²) in [6.07, 6.45) is 8.22. The normalized spacial score (nSPS) is 30.2. The summed E-state index contributed by atoms with van der Waals surface area (Å²) in [5.74, 6) is 0.307. The Hall–Kier alpha value is -0.393. The standard InChI is InChI=1S/C19H35NO3Si/c1-17(2,3)24(4,5)23-14-13-18-12-9-16(21)20(18)19(22-15-18)10-7-6-8-11-19/h6-15H2,1-5H3. The molecule has 5 heteroatoms. The SMILES string of the molecule is CC(C)(C)[Si](C)(C)OCCC12CCC(=O)N1C1(CCCCC1)OC2. The molecule has 1 atom stereocenters. The van der Waals surface area contributed by atoms with Crippen molar-refractivity contribution < 1.29 is 14.0 Å². The Labute approximate surface area is 148 Å².